The standard InChI is InChI=1S/C9H8ClF2NO5S/c1-2-5-3-7(18-9(11)12)8(19(10,16)17)4-6(5)13(14)15/h3-4,9H,2H2,1H3. The van der Waals surface area contributed by atoms with E-state index in [1.807, 2.05) is 0 Å². The van der Waals surface area contributed by atoms with Crippen LogP contribution in [0, 0.1) is 10.1 Å². The molecule has 0 fully saturated rings. The Kier molecular flexibility index (Phi) is 4.64. The van der Waals surface area contributed by atoms with Crippen molar-refractivity contribution in [3.63, 3.8) is 0 Å². The molecule has 0 atom stereocenters. The first-order chi connectivity index (χ1) is 8.66. The first-order valence-corrected chi connectivity index (χ1v) is 7.18. The minimum atomic E-state index is -4.45. The highest BCUT2D eigenvalue weighted by atomic mass is 35.7. The number of alkyl halides is 2. The molecule has 0 unspecified atom stereocenters. The summed E-state index contributed by atoms with van der Waals surface area (Å²) in [6, 6.07) is 1.48. The molecule has 0 aliphatic carbocycles. The molecule has 6 nitrogen and oxygen atoms in total. The van der Waals surface area contributed by atoms with Crippen molar-refractivity contribution in [3.05, 3.63) is 27.8 Å². The van der Waals surface area contributed by atoms with Crippen molar-refractivity contribution < 1.29 is 26.9 Å². The zero-order chi connectivity index (χ0) is 14.8. The molecule has 0 radical (unpaired) electrons. The fourth-order valence-electron chi connectivity index (χ4n) is 1.42. The summed E-state index contributed by atoms with van der Waals surface area (Å²) in [7, 11) is 0.593. The third-order valence-electron chi connectivity index (χ3n) is 2.20. The van der Waals surface area contributed by atoms with Crippen LogP contribution in [-0.4, -0.2) is 20.0 Å². The molecule has 0 aliphatic heterocycles. The van der Waals surface area contributed by atoms with Gasteiger partial charge in [0, 0.05) is 22.3 Å². The minimum absolute atomic E-state index is 0.0599. The number of rotatable bonds is 5. The highest BCUT2D eigenvalue weighted by Gasteiger charge is 2.26. The highest BCUT2D eigenvalue weighted by molar-refractivity contribution is 8.13. The third-order valence-corrected chi connectivity index (χ3v) is 3.54. The zero-order valence-electron chi connectivity index (χ0n) is 9.47. The summed E-state index contributed by atoms with van der Waals surface area (Å²) < 4.78 is 50.9. The van der Waals surface area contributed by atoms with Gasteiger partial charge < -0.3 is 4.74 Å². The number of nitrogens with zero attached hydrogens (tertiary/aromatic N) is 1. The average molecular weight is 316 g/mol. The van der Waals surface area contributed by atoms with Crippen molar-refractivity contribution in [2.75, 3.05) is 0 Å². The Bertz CT molecular complexity index is 605. The molecule has 0 aromatic heterocycles. The van der Waals surface area contributed by atoms with Crippen molar-refractivity contribution in [1.29, 1.82) is 0 Å². The molecular formula is C9H8ClF2NO5S. The van der Waals surface area contributed by atoms with Crippen LogP contribution in [0.15, 0.2) is 17.0 Å². The summed E-state index contributed by atoms with van der Waals surface area (Å²) in [6.45, 7) is -1.73. The van der Waals surface area contributed by atoms with Gasteiger partial charge in [0.2, 0.25) is 0 Å². The SMILES string of the molecule is CCc1cc(OC(F)F)c(S(=O)(=O)Cl)cc1[N+](=O)[O-]. The fraction of sp³-hybridized carbons (Fsp3) is 0.333. The van der Waals surface area contributed by atoms with E-state index < -0.39 is 36.9 Å². The Morgan fingerprint density at radius 3 is 2.42 bits per heavy atom. The fourth-order valence-corrected chi connectivity index (χ4v) is 2.38. The lowest BCUT2D eigenvalue weighted by Crippen LogP contribution is -2.08. The van der Waals surface area contributed by atoms with Crippen LogP contribution in [-0.2, 0) is 15.5 Å². The molecule has 1 aromatic rings. The maximum atomic E-state index is 12.2. The van der Waals surface area contributed by atoms with Crippen LogP contribution in [0.3, 0.4) is 0 Å². The number of ether oxygens (including phenoxy) is 1. The number of nitro benzene ring substituents is 1. The molecule has 1 aromatic carbocycles. The van der Waals surface area contributed by atoms with E-state index in [1.54, 1.807) is 6.92 Å². The smallest absolute Gasteiger partial charge is 0.387 e. The van der Waals surface area contributed by atoms with Gasteiger partial charge in [0.25, 0.3) is 14.7 Å². The second-order valence-electron chi connectivity index (χ2n) is 3.35. The van der Waals surface area contributed by atoms with Crippen LogP contribution in [0.1, 0.15) is 12.5 Å². The highest BCUT2D eigenvalue weighted by Crippen LogP contribution is 2.35. The quantitative estimate of drug-likeness (QED) is 0.473. The topological polar surface area (TPSA) is 86.5 Å². The van der Waals surface area contributed by atoms with E-state index >= 15 is 0 Å². The Balaban J connectivity index is 3.57. The van der Waals surface area contributed by atoms with Crippen LogP contribution in [0.5, 0.6) is 5.75 Å². The zero-order valence-corrected chi connectivity index (χ0v) is 11.0. The number of hydrogen-bond acceptors (Lipinski definition) is 5. The monoisotopic (exact) mass is 315 g/mol. The lowest BCUT2D eigenvalue weighted by Gasteiger charge is -2.10. The Labute approximate surface area is 111 Å². The average Bonchev–Trinajstić information content (AvgIpc) is 2.25. The molecule has 106 valence electrons. The van der Waals surface area contributed by atoms with E-state index in [2.05, 4.69) is 4.74 Å². The molecule has 19 heavy (non-hydrogen) atoms. The third kappa shape index (κ3) is 3.74. The van der Waals surface area contributed by atoms with Gasteiger partial charge in [0.1, 0.15) is 10.6 Å². The van der Waals surface area contributed by atoms with E-state index in [0.717, 1.165) is 6.07 Å². The first-order valence-electron chi connectivity index (χ1n) is 4.87. The van der Waals surface area contributed by atoms with Crippen molar-refractivity contribution in [1.82, 2.24) is 0 Å². The maximum absolute atomic E-state index is 12.2. The summed E-state index contributed by atoms with van der Waals surface area (Å²) in [4.78, 5) is 9.09. The van der Waals surface area contributed by atoms with Crippen LogP contribution in [0.4, 0.5) is 14.5 Å². The van der Waals surface area contributed by atoms with E-state index in [4.69, 9.17) is 10.7 Å². The Morgan fingerprint density at radius 2 is 2.05 bits per heavy atom. The number of aryl methyl sites for hydroxylation is 1. The summed E-state index contributed by atoms with van der Waals surface area (Å²) in [6.07, 6.45) is 0.137. The van der Waals surface area contributed by atoms with Gasteiger partial charge in [-0.3, -0.25) is 10.1 Å². The lowest BCUT2D eigenvalue weighted by molar-refractivity contribution is -0.385. The van der Waals surface area contributed by atoms with Gasteiger partial charge >= 0.3 is 6.61 Å². The molecule has 0 saturated carbocycles. The summed E-state index contributed by atoms with van der Waals surface area (Å²) in [5.74, 6) is -0.715. The second-order valence-corrected chi connectivity index (χ2v) is 5.89. The van der Waals surface area contributed by atoms with Gasteiger partial charge in [0.15, 0.2) is 0 Å². The normalized spacial score (nSPS) is 11.6. The Hall–Kier alpha value is -1.48. The van der Waals surface area contributed by atoms with E-state index in [9.17, 15) is 27.3 Å². The van der Waals surface area contributed by atoms with Crippen LogP contribution in [0.2, 0.25) is 0 Å². The van der Waals surface area contributed by atoms with Crippen molar-refractivity contribution >= 4 is 25.4 Å². The number of benzene rings is 1. The number of halogens is 3. The van der Waals surface area contributed by atoms with E-state index in [1.165, 1.54) is 0 Å². The molecule has 1 rings (SSSR count). The van der Waals surface area contributed by atoms with E-state index in [0.29, 0.717) is 6.07 Å². The van der Waals surface area contributed by atoms with Gasteiger partial charge in [0.05, 0.1) is 4.92 Å². The van der Waals surface area contributed by atoms with Gasteiger partial charge in [-0.15, -0.1) is 0 Å². The molecule has 0 amide bonds. The van der Waals surface area contributed by atoms with E-state index in [-0.39, 0.29) is 12.0 Å². The summed E-state index contributed by atoms with van der Waals surface area (Å²) in [5, 5.41) is 10.8. The molecule has 0 bridgehead atoms. The van der Waals surface area contributed by atoms with Crippen LogP contribution >= 0.6 is 10.7 Å². The molecule has 10 heteroatoms. The number of nitro groups is 1. The molecular weight excluding hydrogens is 308 g/mol. The number of hydrogen-bond donors (Lipinski definition) is 0. The largest absolute Gasteiger partial charge is 0.433 e. The van der Waals surface area contributed by atoms with Crippen molar-refractivity contribution in [2.45, 2.75) is 24.9 Å². The van der Waals surface area contributed by atoms with Crippen molar-refractivity contribution in [2.24, 2.45) is 0 Å². The van der Waals surface area contributed by atoms with Gasteiger partial charge in [-0.2, -0.15) is 8.78 Å². The van der Waals surface area contributed by atoms with Crippen molar-refractivity contribution in [3.8, 4) is 5.75 Å². The predicted octanol–water partition coefficient (Wildman–Crippen LogP) is 2.69. The molecule has 0 aliphatic rings. The van der Waals surface area contributed by atoms with Gasteiger partial charge in [-0.05, 0) is 12.5 Å². The molecule has 0 heterocycles. The first kappa shape index (κ1) is 15.6. The molecule has 0 N–H and O–H groups in total. The van der Waals surface area contributed by atoms with Crippen LogP contribution < -0.4 is 4.74 Å². The van der Waals surface area contributed by atoms with Crippen LogP contribution in [0.25, 0.3) is 0 Å². The predicted molar refractivity (Wildman–Crippen MR) is 62.1 cm³/mol. The summed E-state index contributed by atoms with van der Waals surface area (Å²) >= 11 is 0. The lowest BCUT2D eigenvalue weighted by atomic mass is 10.1. The Morgan fingerprint density at radius 1 is 1.47 bits per heavy atom. The minimum Gasteiger partial charge on any atom is -0.433 e. The summed E-state index contributed by atoms with van der Waals surface area (Å²) in [5.41, 5.74) is -0.465. The van der Waals surface area contributed by atoms with Gasteiger partial charge in [-0.1, -0.05) is 6.92 Å². The van der Waals surface area contributed by atoms with Gasteiger partial charge in [-0.25, -0.2) is 8.42 Å². The molecule has 0 spiro atoms. The second kappa shape index (κ2) is 5.66. The molecule has 0 saturated heterocycles. The maximum Gasteiger partial charge on any atom is 0.387 e.